The first-order valence-electron chi connectivity index (χ1n) is 13.4. The monoisotopic (exact) mass is 510 g/mol. The maximum Gasteiger partial charge on any atom is 0.123 e. The number of halogens is 2. The van der Waals surface area contributed by atoms with Gasteiger partial charge < -0.3 is 0 Å². The molecule has 4 aliphatic rings. The molecule has 0 aromatic heterocycles. The van der Waals surface area contributed by atoms with Crippen molar-refractivity contribution < 1.29 is 8.78 Å². The molecule has 0 aliphatic heterocycles. The van der Waals surface area contributed by atoms with E-state index in [0.717, 1.165) is 61.4 Å². The molecule has 0 saturated heterocycles. The number of rotatable bonds is 2. The van der Waals surface area contributed by atoms with Crippen LogP contribution in [0, 0.1) is 46.2 Å². The van der Waals surface area contributed by atoms with E-state index in [4.69, 9.17) is 0 Å². The Balaban J connectivity index is 1.51. The zero-order valence-corrected chi connectivity index (χ0v) is 21.4. The molecule has 0 bridgehead atoms. The van der Waals surface area contributed by atoms with Crippen molar-refractivity contribution >= 4 is 11.1 Å². The van der Waals surface area contributed by atoms with Crippen molar-refractivity contribution in [1.82, 2.24) is 0 Å². The molecular formula is C35H24F2N2. The number of nitrogens with zero attached hydrogens (tertiary/aromatic N) is 2. The topological polar surface area (TPSA) is 47.6 Å². The Kier molecular flexibility index (Phi) is 5.29. The highest BCUT2D eigenvalue weighted by molar-refractivity contribution is 5.91. The van der Waals surface area contributed by atoms with Gasteiger partial charge in [-0.25, -0.2) is 8.78 Å². The van der Waals surface area contributed by atoms with E-state index < -0.39 is 0 Å². The van der Waals surface area contributed by atoms with Gasteiger partial charge in [0.05, 0.1) is 17.7 Å². The molecule has 39 heavy (non-hydrogen) atoms. The summed E-state index contributed by atoms with van der Waals surface area (Å²) < 4.78 is 29.2. The van der Waals surface area contributed by atoms with Gasteiger partial charge >= 0.3 is 0 Å². The summed E-state index contributed by atoms with van der Waals surface area (Å²) in [6.07, 6.45) is 8.72. The molecule has 0 fully saturated rings. The lowest BCUT2D eigenvalue weighted by atomic mass is 9.75. The molecule has 4 unspecified atom stereocenters. The van der Waals surface area contributed by atoms with Crippen LogP contribution in [-0.4, -0.2) is 0 Å². The number of hydrogen-bond donors (Lipinski definition) is 0. The summed E-state index contributed by atoms with van der Waals surface area (Å²) in [7, 11) is 0. The lowest BCUT2D eigenvalue weighted by Gasteiger charge is -2.28. The summed E-state index contributed by atoms with van der Waals surface area (Å²) >= 11 is 0. The quantitative estimate of drug-likeness (QED) is 0.385. The molecule has 0 N–H and O–H groups in total. The summed E-state index contributed by atoms with van der Waals surface area (Å²) in [5.74, 6) is -0.449. The first-order valence-corrected chi connectivity index (χ1v) is 13.4. The van der Waals surface area contributed by atoms with Crippen molar-refractivity contribution in [2.75, 3.05) is 0 Å². The normalized spacial score (nSPS) is 24.1. The molecule has 4 aliphatic carbocycles. The Morgan fingerprint density at radius 1 is 0.821 bits per heavy atom. The Bertz CT molecular complexity index is 1880. The van der Waals surface area contributed by atoms with Crippen molar-refractivity contribution in [2.24, 2.45) is 17.8 Å². The average molecular weight is 511 g/mol. The smallest absolute Gasteiger partial charge is 0.123 e. The van der Waals surface area contributed by atoms with Gasteiger partial charge in [0.2, 0.25) is 0 Å². The van der Waals surface area contributed by atoms with E-state index in [1.54, 1.807) is 12.1 Å². The SMILES string of the molecule is CC1C=C(C#N)CCC1C1=c2cc3c(cc2-c2ccc(F)cc21)=C1C=CC(F)=CC1C3c1ccc(C#N)cc1. The van der Waals surface area contributed by atoms with E-state index in [-0.39, 0.29) is 35.3 Å². The molecule has 0 saturated carbocycles. The maximum absolute atomic E-state index is 14.6. The predicted molar refractivity (Wildman–Crippen MR) is 147 cm³/mol. The largest absolute Gasteiger partial charge is 0.207 e. The minimum Gasteiger partial charge on any atom is -0.207 e. The van der Waals surface area contributed by atoms with Crippen LogP contribution in [0.2, 0.25) is 0 Å². The van der Waals surface area contributed by atoms with E-state index >= 15 is 0 Å². The second kappa shape index (κ2) is 8.75. The first-order chi connectivity index (χ1) is 19.0. The highest BCUT2D eigenvalue weighted by Gasteiger charge is 2.37. The van der Waals surface area contributed by atoms with E-state index in [9.17, 15) is 19.3 Å². The summed E-state index contributed by atoms with van der Waals surface area (Å²) in [5.41, 5.74) is 8.80. The second-order valence-corrected chi connectivity index (χ2v) is 11.0. The van der Waals surface area contributed by atoms with Crippen LogP contribution in [0.25, 0.3) is 22.3 Å². The average Bonchev–Trinajstić information content (AvgIpc) is 3.42. The van der Waals surface area contributed by atoms with Crippen LogP contribution in [0.1, 0.15) is 47.9 Å². The number of fused-ring (bicyclic) bond motifs is 5. The lowest BCUT2D eigenvalue weighted by molar-refractivity contribution is 0.466. The summed E-state index contributed by atoms with van der Waals surface area (Å²) in [4.78, 5) is 0. The molecule has 4 atom stereocenters. The van der Waals surface area contributed by atoms with Gasteiger partial charge in [0.15, 0.2) is 0 Å². The van der Waals surface area contributed by atoms with Crippen molar-refractivity contribution in [3.05, 3.63) is 129 Å². The molecule has 7 rings (SSSR count). The van der Waals surface area contributed by atoms with Crippen molar-refractivity contribution in [1.29, 1.82) is 10.5 Å². The van der Waals surface area contributed by atoms with Crippen LogP contribution in [-0.2, 0) is 0 Å². The summed E-state index contributed by atoms with van der Waals surface area (Å²) in [6.45, 7) is 2.14. The predicted octanol–water partition coefficient (Wildman–Crippen LogP) is 6.71. The highest BCUT2D eigenvalue weighted by atomic mass is 19.1. The number of nitriles is 2. The highest BCUT2D eigenvalue weighted by Crippen LogP contribution is 2.46. The lowest BCUT2D eigenvalue weighted by Crippen LogP contribution is -2.23. The third-order valence-electron chi connectivity index (χ3n) is 8.90. The molecular weight excluding hydrogens is 486 g/mol. The molecule has 4 heteroatoms. The van der Waals surface area contributed by atoms with Crippen molar-refractivity contribution in [3.63, 3.8) is 0 Å². The minimum absolute atomic E-state index is 0.0979. The van der Waals surface area contributed by atoms with Crippen LogP contribution in [0.3, 0.4) is 0 Å². The van der Waals surface area contributed by atoms with Gasteiger partial charge in [0.25, 0.3) is 0 Å². The van der Waals surface area contributed by atoms with Crippen LogP contribution >= 0.6 is 0 Å². The zero-order chi connectivity index (χ0) is 26.8. The zero-order valence-electron chi connectivity index (χ0n) is 21.4. The fourth-order valence-electron chi connectivity index (χ4n) is 7.17. The van der Waals surface area contributed by atoms with Gasteiger partial charge in [-0.15, -0.1) is 0 Å². The van der Waals surface area contributed by atoms with Crippen LogP contribution in [0.5, 0.6) is 0 Å². The van der Waals surface area contributed by atoms with Crippen LogP contribution < -0.4 is 10.4 Å². The number of allylic oxidation sites excluding steroid dienone is 6. The molecule has 188 valence electrons. The van der Waals surface area contributed by atoms with E-state index in [2.05, 4.69) is 37.3 Å². The number of benzene rings is 3. The van der Waals surface area contributed by atoms with E-state index in [1.807, 2.05) is 36.4 Å². The van der Waals surface area contributed by atoms with Gasteiger partial charge in [-0.1, -0.05) is 37.3 Å². The molecule has 0 spiro atoms. The Morgan fingerprint density at radius 2 is 1.64 bits per heavy atom. The van der Waals surface area contributed by atoms with Crippen LogP contribution in [0.4, 0.5) is 8.78 Å². The molecule has 3 aromatic rings. The molecule has 0 heterocycles. The van der Waals surface area contributed by atoms with Gasteiger partial charge in [-0.05, 0) is 123 Å². The van der Waals surface area contributed by atoms with E-state index in [0.29, 0.717) is 12.0 Å². The fourth-order valence-corrected chi connectivity index (χ4v) is 7.17. The summed E-state index contributed by atoms with van der Waals surface area (Å²) in [5, 5.41) is 21.0. The third-order valence-corrected chi connectivity index (χ3v) is 8.90. The third kappa shape index (κ3) is 3.56. The second-order valence-electron chi connectivity index (χ2n) is 11.0. The molecule has 0 radical (unpaired) electrons. The number of hydrogen-bond acceptors (Lipinski definition) is 2. The fraction of sp³-hybridized carbons (Fsp3) is 0.200. The Morgan fingerprint density at radius 3 is 2.38 bits per heavy atom. The Hall–Kier alpha value is -4.54. The first kappa shape index (κ1) is 23.6. The Labute approximate surface area is 225 Å². The standard InChI is InChI=1S/C35H24F2N2/c1-19-12-21(18-39)4-9-25(19)35-31-14-24(37)8-11-27(31)29-15-28-26-10-7-23(36)13-30(26)34(32(28)16-33(29)35)22-5-2-20(17-38)3-6-22/h2-3,5-8,10-16,19,25,30,34H,4,9H2,1H3. The molecule has 0 amide bonds. The summed E-state index contributed by atoms with van der Waals surface area (Å²) in [6, 6.07) is 21.6. The van der Waals surface area contributed by atoms with Gasteiger partial charge in [-0.2, -0.15) is 10.5 Å². The van der Waals surface area contributed by atoms with Crippen LogP contribution in [0.15, 0.2) is 90.3 Å². The van der Waals surface area contributed by atoms with Gasteiger partial charge in [-0.3, -0.25) is 0 Å². The van der Waals surface area contributed by atoms with Crippen molar-refractivity contribution in [2.45, 2.75) is 25.7 Å². The maximum atomic E-state index is 14.6. The van der Waals surface area contributed by atoms with Gasteiger partial charge in [0, 0.05) is 17.4 Å². The molecule has 3 aromatic carbocycles. The molecule has 2 nitrogen and oxygen atoms in total. The van der Waals surface area contributed by atoms with E-state index in [1.165, 1.54) is 12.1 Å². The van der Waals surface area contributed by atoms with Crippen molar-refractivity contribution in [3.8, 4) is 23.3 Å². The van der Waals surface area contributed by atoms with Gasteiger partial charge in [0.1, 0.15) is 11.6 Å². The minimum atomic E-state index is -0.260.